The van der Waals surface area contributed by atoms with E-state index in [2.05, 4.69) is 20.2 Å². The van der Waals surface area contributed by atoms with Crippen LogP contribution < -0.4 is 4.72 Å². The maximum Gasteiger partial charge on any atom is 0.355 e. The fourth-order valence-corrected chi connectivity index (χ4v) is 4.88. The number of alkyl halides is 2. The van der Waals surface area contributed by atoms with Crippen LogP contribution in [0.3, 0.4) is 0 Å². The van der Waals surface area contributed by atoms with Gasteiger partial charge in [-0.1, -0.05) is 19.1 Å². The van der Waals surface area contributed by atoms with E-state index in [1.807, 2.05) is 13.0 Å². The van der Waals surface area contributed by atoms with Crippen molar-refractivity contribution in [3.8, 4) is 22.5 Å². The Balaban J connectivity index is 1.46. The number of nitrogens with one attached hydrogen (secondary N) is 1. The number of fused-ring (bicyclic) bond motifs is 1. The SMILES string of the molecule is C[C@H]1CCC(c2cccc(-c3cnc(NS(=O)(=O)C(F)F)nc3)n2)c2nnc(-c3c(F)cccc3F)cc21. The molecule has 196 valence electrons. The molecule has 0 saturated carbocycles. The summed E-state index contributed by atoms with van der Waals surface area (Å²) in [6.07, 6.45) is 4.05. The van der Waals surface area contributed by atoms with E-state index >= 15 is 0 Å². The van der Waals surface area contributed by atoms with Crippen LogP contribution in [0.4, 0.5) is 23.5 Å². The summed E-state index contributed by atoms with van der Waals surface area (Å²) in [5.41, 5.74) is 2.99. The highest BCUT2D eigenvalue weighted by Crippen LogP contribution is 2.42. The van der Waals surface area contributed by atoms with Crippen LogP contribution in [0.2, 0.25) is 0 Å². The van der Waals surface area contributed by atoms with Crippen LogP contribution in [0.5, 0.6) is 0 Å². The summed E-state index contributed by atoms with van der Waals surface area (Å²) < 4.78 is 78.2. The molecule has 0 spiro atoms. The summed E-state index contributed by atoms with van der Waals surface area (Å²) in [5, 5.41) is 8.51. The number of hydrogen-bond acceptors (Lipinski definition) is 7. The fraction of sp³-hybridized carbons (Fsp3) is 0.240. The average Bonchev–Trinajstić information content (AvgIpc) is 2.89. The quantitative estimate of drug-likeness (QED) is 0.330. The number of rotatable bonds is 6. The lowest BCUT2D eigenvalue weighted by atomic mass is 9.78. The number of halogens is 4. The second kappa shape index (κ2) is 10.0. The molecular formula is C25H20F4N6O2S. The van der Waals surface area contributed by atoms with E-state index in [4.69, 9.17) is 4.98 Å². The van der Waals surface area contributed by atoms with Crippen LogP contribution in [0.25, 0.3) is 22.5 Å². The predicted octanol–water partition coefficient (Wildman–Crippen LogP) is 5.27. The van der Waals surface area contributed by atoms with E-state index in [1.165, 1.54) is 30.6 Å². The Kier molecular flexibility index (Phi) is 6.78. The van der Waals surface area contributed by atoms with E-state index in [1.54, 1.807) is 22.9 Å². The van der Waals surface area contributed by atoms with Crippen LogP contribution in [0, 0.1) is 11.6 Å². The second-order valence-electron chi connectivity index (χ2n) is 8.85. The van der Waals surface area contributed by atoms with Gasteiger partial charge < -0.3 is 0 Å². The van der Waals surface area contributed by atoms with E-state index in [0.29, 0.717) is 22.6 Å². The van der Waals surface area contributed by atoms with Crippen LogP contribution in [-0.4, -0.2) is 39.3 Å². The molecule has 0 saturated heterocycles. The first-order chi connectivity index (χ1) is 18.1. The zero-order valence-corrected chi connectivity index (χ0v) is 20.6. The molecule has 3 heterocycles. The van der Waals surface area contributed by atoms with Gasteiger partial charge in [0, 0.05) is 23.9 Å². The smallest absolute Gasteiger partial charge is 0.252 e. The lowest BCUT2D eigenvalue weighted by Crippen LogP contribution is -2.21. The Labute approximate surface area is 215 Å². The Morgan fingerprint density at radius 1 is 0.947 bits per heavy atom. The number of aromatic nitrogens is 5. The molecule has 13 heteroatoms. The van der Waals surface area contributed by atoms with E-state index in [-0.39, 0.29) is 23.1 Å². The van der Waals surface area contributed by atoms with Crippen molar-refractivity contribution in [2.75, 3.05) is 4.72 Å². The minimum atomic E-state index is -4.89. The molecule has 0 radical (unpaired) electrons. The highest BCUT2D eigenvalue weighted by Gasteiger charge is 2.30. The number of pyridine rings is 1. The maximum atomic E-state index is 14.4. The summed E-state index contributed by atoms with van der Waals surface area (Å²) in [7, 11) is -4.89. The zero-order valence-electron chi connectivity index (χ0n) is 19.8. The molecule has 2 atom stereocenters. The number of nitrogens with zero attached hydrogens (tertiary/aromatic N) is 5. The monoisotopic (exact) mass is 544 g/mol. The van der Waals surface area contributed by atoms with Crippen molar-refractivity contribution >= 4 is 16.0 Å². The molecular weight excluding hydrogens is 524 g/mol. The minimum Gasteiger partial charge on any atom is -0.252 e. The normalized spacial score (nSPS) is 17.3. The Morgan fingerprint density at radius 2 is 1.63 bits per heavy atom. The second-order valence-corrected chi connectivity index (χ2v) is 10.5. The zero-order chi connectivity index (χ0) is 27.0. The summed E-state index contributed by atoms with van der Waals surface area (Å²) in [6, 6.07) is 10.6. The lowest BCUT2D eigenvalue weighted by Gasteiger charge is -2.28. The standard InChI is InChI=1S/C25H20F4N6O2S/c1-13-8-9-15(23-16(13)10-21(33-34-23)22-17(26)4-2-5-18(22)27)20-7-3-6-19(32-20)14-11-30-25(31-12-14)35-38(36,37)24(28)29/h2-7,10-13,15,24H,8-9H2,1H3,(H,30,31,35)/t13-,15?/m0/s1. The highest BCUT2D eigenvalue weighted by molar-refractivity contribution is 7.92. The number of anilines is 1. The van der Waals surface area contributed by atoms with E-state index < -0.39 is 33.4 Å². The van der Waals surface area contributed by atoms with E-state index in [9.17, 15) is 26.0 Å². The fourth-order valence-electron chi connectivity index (χ4n) is 4.43. The van der Waals surface area contributed by atoms with Crippen LogP contribution in [-0.2, 0) is 10.0 Å². The first kappa shape index (κ1) is 25.6. The molecule has 1 aliphatic rings. The number of hydrogen-bond donors (Lipinski definition) is 1. The minimum absolute atomic E-state index is 0.0893. The summed E-state index contributed by atoms with van der Waals surface area (Å²) in [4.78, 5) is 12.3. The van der Waals surface area contributed by atoms with Gasteiger partial charge in [0.25, 0.3) is 10.0 Å². The third-order valence-electron chi connectivity index (χ3n) is 6.37. The van der Waals surface area contributed by atoms with Gasteiger partial charge >= 0.3 is 5.76 Å². The molecule has 3 aromatic heterocycles. The van der Waals surface area contributed by atoms with Crippen molar-refractivity contribution in [2.45, 2.75) is 37.4 Å². The molecule has 1 aliphatic carbocycles. The predicted molar refractivity (Wildman–Crippen MR) is 131 cm³/mol. The van der Waals surface area contributed by atoms with Gasteiger partial charge in [-0.25, -0.2) is 31.9 Å². The molecule has 8 nitrogen and oxygen atoms in total. The van der Waals surface area contributed by atoms with Gasteiger partial charge in [0.2, 0.25) is 5.95 Å². The molecule has 0 fully saturated rings. The largest absolute Gasteiger partial charge is 0.355 e. The molecule has 1 N–H and O–H groups in total. The summed E-state index contributed by atoms with van der Waals surface area (Å²) in [6.45, 7) is 2.02. The molecule has 4 aromatic rings. The molecule has 0 aliphatic heterocycles. The third kappa shape index (κ3) is 4.93. The van der Waals surface area contributed by atoms with Gasteiger partial charge in [0.05, 0.1) is 28.3 Å². The highest BCUT2D eigenvalue weighted by atomic mass is 32.2. The van der Waals surface area contributed by atoms with Crippen molar-refractivity contribution in [3.05, 3.63) is 83.4 Å². The molecule has 5 rings (SSSR count). The van der Waals surface area contributed by atoms with Gasteiger partial charge in [-0.15, -0.1) is 5.10 Å². The van der Waals surface area contributed by atoms with Gasteiger partial charge in [0.15, 0.2) is 0 Å². The van der Waals surface area contributed by atoms with E-state index in [0.717, 1.165) is 18.4 Å². The average molecular weight is 545 g/mol. The maximum absolute atomic E-state index is 14.4. The Bertz CT molecular complexity index is 1580. The van der Waals surface area contributed by atoms with Gasteiger partial charge in [-0.2, -0.15) is 13.9 Å². The lowest BCUT2D eigenvalue weighted by molar-refractivity contribution is 0.236. The molecule has 1 aromatic carbocycles. The molecule has 0 bridgehead atoms. The van der Waals surface area contributed by atoms with Crippen molar-refractivity contribution < 1.29 is 26.0 Å². The van der Waals surface area contributed by atoms with Crippen molar-refractivity contribution in [1.82, 2.24) is 25.1 Å². The summed E-state index contributed by atoms with van der Waals surface area (Å²) >= 11 is 0. The molecule has 0 amide bonds. The number of benzene rings is 1. The topological polar surface area (TPSA) is 111 Å². The van der Waals surface area contributed by atoms with Crippen molar-refractivity contribution in [1.29, 1.82) is 0 Å². The number of sulfonamides is 1. The van der Waals surface area contributed by atoms with Gasteiger partial charge in [-0.3, -0.25) is 4.98 Å². The van der Waals surface area contributed by atoms with Crippen molar-refractivity contribution in [3.63, 3.8) is 0 Å². The first-order valence-corrected chi connectivity index (χ1v) is 13.1. The van der Waals surface area contributed by atoms with Crippen LogP contribution in [0.1, 0.15) is 48.6 Å². The van der Waals surface area contributed by atoms with Gasteiger partial charge in [-0.05, 0) is 54.7 Å². The van der Waals surface area contributed by atoms with Crippen LogP contribution >= 0.6 is 0 Å². The summed E-state index contributed by atoms with van der Waals surface area (Å²) in [5.74, 6) is -5.68. The van der Waals surface area contributed by atoms with Crippen LogP contribution in [0.15, 0.2) is 54.9 Å². The van der Waals surface area contributed by atoms with Crippen molar-refractivity contribution in [2.24, 2.45) is 0 Å². The first-order valence-electron chi connectivity index (χ1n) is 11.5. The molecule has 38 heavy (non-hydrogen) atoms. The molecule has 1 unspecified atom stereocenters. The Hall–Kier alpha value is -4.00. The Morgan fingerprint density at radius 3 is 2.32 bits per heavy atom. The third-order valence-corrected chi connectivity index (χ3v) is 7.30. The van der Waals surface area contributed by atoms with Gasteiger partial charge in [0.1, 0.15) is 11.6 Å².